The van der Waals surface area contributed by atoms with Crippen molar-refractivity contribution in [1.82, 2.24) is 0 Å². The fraction of sp³-hybridized carbons (Fsp3) is 0.125. The number of ketones is 1. The lowest BCUT2D eigenvalue weighted by Gasteiger charge is -2.07. The number of ether oxygens (including phenoxy) is 1. The predicted molar refractivity (Wildman–Crippen MR) is 119 cm³/mol. The van der Waals surface area contributed by atoms with E-state index in [4.69, 9.17) is 4.74 Å². The molecule has 0 aliphatic carbocycles. The van der Waals surface area contributed by atoms with Crippen LogP contribution in [-0.2, 0) is 9.59 Å². The van der Waals surface area contributed by atoms with Gasteiger partial charge >= 0.3 is 5.97 Å². The van der Waals surface area contributed by atoms with Crippen molar-refractivity contribution in [2.24, 2.45) is 0 Å². The van der Waals surface area contributed by atoms with E-state index in [-0.39, 0.29) is 23.2 Å². The van der Waals surface area contributed by atoms with Gasteiger partial charge in [-0.05, 0) is 48.9 Å². The molecule has 3 aromatic carbocycles. The Bertz CT molecular complexity index is 1030. The molecule has 3 aromatic rings. The second-order valence-corrected chi connectivity index (χ2v) is 7.59. The van der Waals surface area contributed by atoms with Crippen molar-refractivity contribution in [3.05, 3.63) is 95.6 Å². The number of thioether (sulfide) groups is 1. The van der Waals surface area contributed by atoms with Gasteiger partial charge in [0.15, 0.2) is 5.78 Å². The third-order valence-electron chi connectivity index (χ3n) is 4.14. The Balaban J connectivity index is 1.43. The molecule has 0 saturated heterocycles. The van der Waals surface area contributed by atoms with Gasteiger partial charge in [-0.3, -0.25) is 14.4 Å². The van der Waals surface area contributed by atoms with Crippen LogP contribution >= 0.6 is 11.8 Å². The topological polar surface area (TPSA) is 72.5 Å². The van der Waals surface area contributed by atoms with E-state index in [1.54, 1.807) is 36.4 Å². The van der Waals surface area contributed by atoms with Gasteiger partial charge in [-0.25, -0.2) is 0 Å². The number of rotatable bonds is 8. The normalized spacial score (nSPS) is 10.3. The highest BCUT2D eigenvalue weighted by Crippen LogP contribution is 2.16. The molecule has 1 amide bonds. The second kappa shape index (κ2) is 10.4. The van der Waals surface area contributed by atoms with E-state index in [9.17, 15) is 14.4 Å². The fourth-order valence-corrected chi connectivity index (χ4v) is 3.32. The van der Waals surface area contributed by atoms with Gasteiger partial charge in [0.05, 0.1) is 11.5 Å². The zero-order chi connectivity index (χ0) is 21.3. The number of carbonyl (C=O) groups excluding carboxylic acids is 3. The molecule has 0 spiro atoms. The van der Waals surface area contributed by atoms with Gasteiger partial charge in [-0.1, -0.05) is 42.5 Å². The molecule has 0 atom stereocenters. The summed E-state index contributed by atoms with van der Waals surface area (Å²) in [7, 11) is 0. The first-order valence-electron chi connectivity index (χ1n) is 9.36. The molecule has 0 fully saturated rings. The summed E-state index contributed by atoms with van der Waals surface area (Å²) in [5.41, 5.74) is 2.90. The van der Waals surface area contributed by atoms with E-state index in [1.807, 2.05) is 49.4 Å². The van der Waals surface area contributed by atoms with Crippen LogP contribution in [0, 0.1) is 6.92 Å². The van der Waals surface area contributed by atoms with Gasteiger partial charge in [-0.2, -0.15) is 0 Å². The van der Waals surface area contributed by atoms with Gasteiger partial charge in [0.25, 0.3) is 0 Å². The molecular formula is C24H21NO4S. The number of anilines is 1. The lowest BCUT2D eigenvalue weighted by atomic mass is 10.0. The minimum atomic E-state index is -0.453. The Labute approximate surface area is 179 Å². The van der Waals surface area contributed by atoms with Gasteiger partial charge in [0.2, 0.25) is 5.91 Å². The number of esters is 1. The van der Waals surface area contributed by atoms with E-state index >= 15 is 0 Å². The van der Waals surface area contributed by atoms with Crippen LogP contribution in [0.25, 0.3) is 0 Å². The Morgan fingerprint density at radius 1 is 0.833 bits per heavy atom. The van der Waals surface area contributed by atoms with E-state index in [0.29, 0.717) is 16.9 Å². The second-order valence-electron chi connectivity index (χ2n) is 6.60. The van der Waals surface area contributed by atoms with Crippen molar-refractivity contribution >= 4 is 35.1 Å². The highest BCUT2D eigenvalue weighted by atomic mass is 32.2. The quantitative estimate of drug-likeness (QED) is 0.331. The first-order valence-corrected chi connectivity index (χ1v) is 10.5. The fourth-order valence-electron chi connectivity index (χ4n) is 2.74. The number of hydrogen-bond donors (Lipinski definition) is 1. The van der Waals surface area contributed by atoms with Crippen LogP contribution in [0.15, 0.2) is 78.9 Å². The molecule has 30 heavy (non-hydrogen) atoms. The molecule has 5 nitrogen and oxygen atoms in total. The molecule has 0 unspecified atom stereocenters. The molecule has 0 radical (unpaired) electrons. The smallest absolute Gasteiger partial charge is 0.321 e. The zero-order valence-electron chi connectivity index (χ0n) is 16.5. The van der Waals surface area contributed by atoms with Crippen molar-refractivity contribution in [2.45, 2.75) is 6.92 Å². The molecule has 0 aliphatic heterocycles. The number of amides is 1. The maximum absolute atomic E-state index is 12.4. The van der Waals surface area contributed by atoms with E-state index < -0.39 is 5.97 Å². The summed E-state index contributed by atoms with van der Waals surface area (Å²) in [5.74, 6) is -0.176. The van der Waals surface area contributed by atoms with Crippen LogP contribution in [0.1, 0.15) is 21.5 Å². The number of hydrogen-bond acceptors (Lipinski definition) is 5. The number of carbonyl (C=O) groups is 3. The van der Waals surface area contributed by atoms with E-state index in [2.05, 4.69) is 5.32 Å². The average molecular weight is 420 g/mol. The molecule has 0 bridgehead atoms. The maximum atomic E-state index is 12.4. The van der Waals surface area contributed by atoms with Gasteiger partial charge < -0.3 is 10.1 Å². The maximum Gasteiger partial charge on any atom is 0.321 e. The summed E-state index contributed by atoms with van der Waals surface area (Å²) in [6.45, 7) is 1.95. The van der Waals surface area contributed by atoms with Gasteiger partial charge in [0, 0.05) is 16.8 Å². The van der Waals surface area contributed by atoms with Crippen LogP contribution < -0.4 is 10.1 Å². The molecular weight excluding hydrogens is 398 g/mol. The third-order valence-corrected chi connectivity index (χ3v) is 5.05. The molecule has 0 aromatic heterocycles. The van der Waals surface area contributed by atoms with Crippen LogP contribution in [0.2, 0.25) is 0 Å². The summed E-state index contributed by atoms with van der Waals surface area (Å²) in [6, 6.07) is 22.9. The summed E-state index contributed by atoms with van der Waals surface area (Å²) in [6.07, 6.45) is 0. The molecule has 6 heteroatoms. The van der Waals surface area contributed by atoms with Crippen molar-refractivity contribution < 1.29 is 19.1 Å². The Morgan fingerprint density at radius 2 is 1.53 bits per heavy atom. The van der Waals surface area contributed by atoms with Gasteiger partial charge in [-0.15, -0.1) is 11.8 Å². The molecule has 0 heterocycles. The Morgan fingerprint density at radius 3 is 2.23 bits per heavy atom. The SMILES string of the molecule is Cc1cccc(NC(=O)CSCC(=O)Oc2ccc(C(=O)c3ccccc3)cc2)c1. The average Bonchev–Trinajstić information content (AvgIpc) is 2.74. The standard InChI is InChI=1S/C24H21NO4S/c1-17-6-5-9-20(14-17)25-22(26)15-30-16-23(27)29-21-12-10-19(11-13-21)24(28)18-7-3-2-4-8-18/h2-14H,15-16H2,1H3,(H,25,26). The molecule has 0 saturated carbocycles. The zero-order valence-corrected chi connectivity index (χ0v) is 17.3. The van der Waals surface area contributed by atoms with Gasteiger partial charge in [0.1, 0.15) is 5.75 Å². The van der Waals surface area contributed by atoms with Crippen molar-refractivity contribution in [1.29, 1.82) is 0 Å². The largest absolute Gasteiger partial charge is 0.426 e. The Kier molecular flexibility index (Phi) is 7.40. The number of aryl methyl sites for hydroxylation is 1. The predicted octanol–water partition coefficient (Wildman–Crippen LogP) is 4.50. The van der Waals surface area contributed by atoms with Crippen molar-refractivity contribution in [2.75, 3.05) is 16.8 Å². The number of benzene rings is 3. The van der Waals surface area contributed by atoms with Crippen LogP contribution in [0.5, 0.6) is 5.75 Å². The highest BCUT2D eigenvalue weighted by molar-refractivity contribution is 8.00. The van der Waals surface area contributed by atoms with E-state index in [1.165, 1.54) is 11.8 Å². The minimum Gasteiger partial charge on any atom is -0.426 e. The molecule has 1 N–H and O–H groups in total. The summed E-state index contributed by atoms with van der Waals surface area (Å²) in [5, 5.41) is 2.79. The van der Waals surface area contributed by atoms with Crippen molar-refractivity contribution in [3.8, 4) is 5.75 Å². The van der Waals surface area contributed by atoms with Crippen LogP contribution in [-0.4, -0.2) is 29.2 Å². The number of nitrogens with one attached hydrogen (secondary N) is 1. The molecule has 0 aliphatic rings. The summed E-state index contributed by atoms with van der Waals surface area (Å²) < 4.78 is 5.27. The first-order chi connectivity index (χ1) is 14.5. The Hall–Kier alpha value is -3.38. The van der Waals surface area contributed by atoms with Crippen LogP contribution in [0.3, 0.4) is 0 Å². The first kappa shape index (κ1) is 21.3. The lowest BCUT2D eigenvalue weighted by Crippen LogP contribution is -2.17. The lowest BCUT2D eigenvalue weighted by molar-refractivity contribution is -0.131. The van der Waals surface area contributed by atoms with E-state index in [0.717, 1.165) is 11.3 Å². The highest BCUT2D eigenvalue weighted by Gasteiger charge is 2.11. The monoisotopic (exact) mass is 419 g/mol. The third kappa shape index (κ3) is 6.32. The minimum absolute atomic E-state index is 0.0476. The molecule has 3 rings (SSSR count). The van der Waals surface area contributed by atoms with Crippen molar-refractivity contribution in [3.63, 3.8) is 0 Å². The summed E-state index contributed by atoms with van der Waals surface area (Å²) in [4.78, 5) is 36.3. The summed E-state index contributed by atoms with van der Waals surface area (Å²) >= 11 is 1.18. The molecule has 152 valence electrons. The van der Waals surface area contributed by atoms with Crippen LogP contribution in [0.4, 0.5) is 5.69 Å².